The number of carbonyl (C=O) groups is 2. The van der Waals surface area contributed by atoms with Crippen LogP contribution in [0.1, 0.15) is 45.4 Å². The molecule has 1 aliphatic rings. The van der Waals surface area contributed by atoms with E-state index in [2.05, 4.69) is 5.32 Å². The second kappa shape index (κ2) is 4.44. The number of rotatable bonds is 4. The van der Waals surface area contributed by atoms with Crippen LogP contribution in [0.5, 0.6) is 0 Å². The van der Waals surface area contributed by atoms with Gasteiger partial charge >= 0.3 is 5.97 Å². The Bertz CT molecular complexity index is 232. The molecular weight excluding hydrogens is 182 g/mol. The standard InChI is InChI=1S/C10H17NO3/c1-8(12)11-10(5-2-3-6-10)7-4-9(13)14/h2-7H2,1H3,(H,11,12)(H,13,14). The van der Waals surface area contributed by atoms with Crippen LogP contribution in [0, 0.1) is 0 Å². The Kier molecular flexibility index (Phi) is 3.49. The molecule has 0 aromatic carbocycles. The maximum Gasteiger partial charge on any atom is 0.303 e. The average Bonchev–Trinajstić information content (AvgIpc) is 2.49. The number of hydrogen-bond acceptors (Lipinski definition) is 2. The van der Waals surface area contributed by atoms with Gasteiger partial charge in [-0.1, -0.05) is 12.8 Å². The normalized spacial score (nSPS) is 19.2. The van der Waals surface area contributed by atoms with Crippen LogP contribution in [-0.4, -0.2) is 22.5 Å². The van der Waals surface area contributed by atoms with E-state index in [-0.39, 0.29) is 17.9 Å². The first-order valence-corrected chi connectivity index (χ1v) is 5.05. The van der Waals surface area contributed by atoms with E-state index in [0.717, 1.165) is 25.7 Å². The fourth-order valence-corrected chi connectivity index (χ4v) is 2.21. The van der Waals surface area contributed by atoms with Gasteiger partial charge in [-0.3, -0.25) is 9.59 Å². The molecule has 0 unspecified atom stereocenters. The predicted octanol–water partition coefficient (Wildman–Crippen LogP) is 1.30. The van der Waals surface area contributed by atoms with Gasteiger partial charge in [-0.15, -0.1) is 0 Å². The molecule has 0 aromatic rings. The van der Waals surface area contributed by atoms with Crippen LogP contribution in [0.2, 0.25) is 0 Å². The number of aliphatic carboxylic acids is 1. The molecule has 0 bridgehead atoms. The summed E-state index contributed by atoms with van der Waals surface area (Å²) in [5, 5.41) is 11.5. The van der Waals surface area contributed by atoms with E-state index in [9.17, 15) is 9.59 Å². The fraction of sp³-hybridized carbons (Fsp3) is 0.800. The second-order valence-electron chi connectivity index (χ2n) is 4.06. The van der Waals surface area contributed by atoms with Crippen LogP contribution in [0.3, 0.4) is 0 Å². The molecule has 0 spiro atoms. The molecule has 14 heavy (non-hydrogen) atoms. The zero-order valence-electron chi connectivity index (χ0n) is 8.51. The molecule has 1 fully saturated rings. The smallest absolute Gasteiger partial charge is 0.303 e. The van der Waals surface area contributed by atoms with Crippen molar-refractivity contribution in [2.75, 3.05) is 0 Å². The van der Waals surface area contributed by atoms with Gasteiger partial charge in [0, 0.05) is 18.9 Å². The van der Waals surface area contributed by atoms with Crippen molar-refractivity contribution in [2.24, 2.45) is 0 Å². The Hall–Kier alpha value is -1.06. The SMILES string of the molecule is CC(=O)NC1(CCC(=O)O)CCCC1. The van der Waals surface area contributed by atoms with Gasteiger partial charge in [0.1, 0.15) is 0 Å². The number of carbonyl (C=O) groups excluding carboxylic acids is 1. The van der Waals surface area contributed by atoms with E-state index in [4.69, 9.17) is 5.11 Å². The lowest BCUT2D eigenvalue weighted by Gasteiger charge is -2.29. The Morgan fingerprint density at radius 1 is 1.36 bits per heavy atom. The van der Waals surface area contributed by atoms with Gasteiger partial charge in [0.15, 0.2) is 0 Å². The first-order chi connectivity index (χ1) is 6.54. The minimum Gasteiger partial charge on any atom is -0.481 e. The minimum atomic E-state index is -0.790. The largest absolute Gasteiger partial charge is 0.481 e. The molecule has 0 aliphatic heterocycles. The highest BCUT2D eigenvalue weighted by Gasteiger charge is 2.34. The molecule has 1 saturated carbocycles. The molecule has 4 heteroatoms. The van der Waals surface area contributed by atoms with Crippen LogP contribution in [0.15, 0.2) is 0 Å². The van der Waals surface area contributed by atoms with Crippen LogP contribution in [0.25, 0.3) is 0 Å². The first-order valence-electron chi connectivity index (χ1n) is 5.05. The highest BCUT2D eigenvalue weighted by Crippen LogP contribution is 2.33. The van der Waals surface area contributed by atoms with Gasteiger partial charge in [-0.2, -0.15) is 0 Å². The third-order valence-corrected chi connectivity index (χ3v) is 2.82. The summed E-state index contributed by atoms with van der Waals surface area (Å²) >= 11 is 0. The van der Waals surface area contributed by atoms with Crippen molar-refractivity contribution in [2.45, 2.75) is 51.0 Å². The van der Waals surface area contributed by atoms with Crippen molar-refractivity contribution in [3.63, 3.8) is 0 Å². The lowest BCUT2D eigenvalue weighted by atomic mass is 9.91. The Morgan fingerprint density at radius 2 is 1.93 bits per heavy atom. The van der Waals surface area contributed by atoms with Crippen molar-refractivity contribution >= 4 is 11.9 Å². The van der Waals surface area contributed by atoms with Gasteiger partial charge in [-0.05, 0) is 19.3 Å². The lowest BCUT2D eigenvalue weighted by Crippen LogP contribution is -2.45. The number of carboxylic acid groups (broad SMARTS) is 1. The Morgan fingerprint density at radius 3 is 2.36 bits per heavy atom. The summed E-state index contributed by atoms with van der Waals surface area (Å²) in [5.74, 6) is -0.848. The second-order valence-corrected chi connectivity index (χ2v) is 4.06. The third-order valence-electron chi connectivity index (χ3n) is 2.82. The highest BCUT2D eigenvalue weighted by atomic mass is 16.4. The van der Waals surface area contributed by atoms with Gasteiger partial charge in [0.25, 0.3) is 0 Å². The molecule has 0 saturated heterocycles. The molecule has 4 nitrogen and oxygen atoms in total. The van der Waals surface area contributed by atoms with E-state index < -0.39 is 5.97 Å². The van der Waals surface area contributed by atoms with E-state index >= 15 is 0 Å². The topological polar surface area (TPSA) is 66.4 Å². The summed E-state index contributed by atoms with van der Waals surface area (Å²) in [6.07, 6.45) is 4.70. The summed E-state index contributed by atoms with van der Waals surface area (Å²) in [5.41, 5.74) is -0.232. The molecule has 0 radical (unpaired) electrons. The molecule has 0 aromatic heterocycles. The first kappa shape index (κ1) is 11.0. The molecule has 1 aliphatic carbocycles. The molecule has 1 rings (SSSR count). The van der Waals surface area contributed by atoms with Gasteiger partial charge in [-0.25, -0.2) is 0 Å². The zero-order valence-corrected chi connectivity index (χ0v) is 8.51. The predicted molar refractivity (Wildman–Crippen MR) is 51.9 cm³/mol. The summed E-state index contributed by atoms with van der Waals surface area (Å²) in [7, 11) is 0. The summed E-state index contributed by atoms with van der Waals surface area (Å²) in [6, 6.07) is 0. The van der Waals surface area contributed by atoms with Crippen molar-refractivity contribution in [3.05, 3.63) is 0 Å². The van der Waals surface area contributed by atoms with Crippen molar-refractivity contribution < 1.29 is 14.7 Å². The van der Waals surface area contributed by atoms with Crippen molar-refractivity contribution in [3.8, 4) is 0 Å². The van der Waals surface area contributed by atoms with Gasteiger partial charge < -0.3 is 10.4 Å². The van der Waals surface area contributed by atoms with Crippen LogP contribution in [0.4, 0.5) is 0 Å². The van der Waals surface area contributed by atoms with E-state index in [1.807, 2.05) is 0 Å². The molecule has 80 valence electrons. The summed E-state index contributed by atoms with van der Waals surface area (Å²) in [4.78, 5) is 21.5. The molecular formula is C10H17NO3. The quantitative estimate of drug-likeness (QED) is 0.717. The van der Waals surface area contributed by atoms with Crippen LogP contribution >= 0.6 is 0 Å². The number of amides is 1. The fourth-order valence-electron chi connectivity index (χ4n) is 2.21. The molecule has 0 heterocycles. The van der Waals surface area contributed by atoms with Gasteiger partial charge in [0.2, 0.25) is 5.91 Å². The van der Waals surface area contributed by atoms with E-state index in [1.54, 1.807) is 0 Å². The minimum absolute atomic E-state index is 0.0581. The highest BCUT2D eigenvalue weighted by molar-refractivity contribution is 5.74. The third kappa shape index (κ3) is 3.01. The van der Waals surface area contributed by atoms with Crippen LogP contribution < -0.4 is 5.32 Å². The lowest BCUT2D eigenvalue weighted by molar-refractivity contribution is -0.137. The van der Waals surface area contributed by atoms with Crippen LogP contribution in [-0.2, 0) is 9.59 Å². The van der Waals surface area contributed by atoms with Crippen molar-refractivity contribution in [1.29, 1.82) is 0 Å². The number of carboxylic acids is 1. The van der Waals surface area contributed by atoms with E-state index in [0.29, 0.717) is 6.42 Å². The number of hydrogen-bond donors (Lipinski definition) is 2. The maximum atomic E-state index is 11.0. The number of nitrogens with one attached hydrogen (secondary N) is 1. The maximum absolute atomic E-state index is 11.0. The van der Waals surface area contributed by atoms with Crippen molar-refractivity contribution in [1.82, 2.24) is 5.32 Å². The zero-order chi connectivity index (χ0) is 10.6. The monoisotopic (exact) mass is 199 g/mol. The molecule has 2 N–H and O–H groups in total. The average molecular weight is 199 g/mol. The molecule has 1 amide bonds. The molecule has 0 atom stereocenters. The van der Waals surface area contributed by atoms with E-state index in [1.165, 1.54) is 6.92 Å². The van der Waals surface area contributed by atoms with Gasteiger partial charge in [0.05, 0.1) is 0 Å². The Labute approximate surface area is 83.7 Å². The summed E-state index contributed by atoms with van der Waals surface area (Å²) in [6.45, 7) is 1.49. The Balaban J connectivity index is 2.52. The summed E-state index contributed by atoms with van der Waals surface area (Å²) < 4.78 is 0.